The normalized spacial score (nSPS) is 25.3. The van der Waals surface area contributed by atoms with Gasteiger partial charge in [0.25, 0.3) is 0 Å². The molecule has 0 aromatic carbocycles. The number of likely N-dealkylation sites (N-methyl/N-ethyl adjacent to an activating group) is 1. The molecule has 5 heteroatoms. The quantitative estimate of drug-likeness (QED) is 0.616. The van der Waals surface area contributed by atoms with Gasteiger partial charge in [0.2, 0.25) is 5.91 Å². The zero-order valence-corrected chi connectivity index (χ0v) is 9.15. The average molecular weight is 215 g/mol. The van der Waals surface area contributed by atoms with E-state index in [1.54, 1.807) is 0 Å². The topological polar surface area (TPSA) is 26.8 Å². The van der Waals surface area contributed by atoms with Crippen molar-refractivity contribution in [1.82, 2.24) is 14.7 Å². The highest BCUT2D eigenvalue weighted by atomic mass is 19.1. The van der Waals surface area contributed by atoms with Gasteiger partial charge in [-0.25, -0.2) is 4.39 Å². The minimum Gasteiger partial charge on any atom is -0.339 e. The van der Waals surface area contributed by atoms with Crippen LogP contribution >= 0.6 is 0 Å². The lowest BCUT2D eigenvalue weighted by Gasteiger charge is -2.37. The highest BCUT2D eigenvalue weighted by Crippen LogP contribution is 2.11. The molecule has 2 heterocycles. The van der Waals surface area contributed by atoms with Gasteiger partial charge in [0, 0.05) is 39.3 Å². The van der Waals surface area contributed by atoms with Gasteiger partial charge in [-0.2, -0.15) is 0 Å². The summed E-state index contributed by atoms with van der Waals surface area (Å²) >= 11 is 0. The van der Waals surface area contributed by atoms with Crippen molar-refractivity contribution in [3.63, 3.8) is 0 Å². The smallest absolute Gasteiger partial charge is 0.236 e. The first-order valence-corrected chi connectivity index (χ1v) is 5.48. The molecule has 1 amide bonds. The van der Waals surface area contributed by atoms with Crippen LogP contribution in [0.3, 0.4) is 0 Å². The van der Waals surface area contributed by atoms with E-state index >= 15 is 0 Å². The first-order chi connectivity index (χ1) is 7.15. The van der Waals surface area contributed by atoms with Gasteiger partial charge in [-0.05, 0) is 7.05 Å². The van der Waals surface area contributed by atoms with Crippen LogP contribution in [0.15, 0.2) is 0 Å². The molecule has 0 aromatic heterocycles. The van der Waals surface area contributed by atoms with Crippen molar-refractivity contribution in [2.45, 2.75) is 6.17 Å². The van der Waals surface area contributed by atoms with Crippen LogP contribution < -0.4 is 0 Å². The Kier molecular flexibility index (Phi) is 3.21. The zero-order valence-electron chi connectivity index (χ0n) is 9.15. The number of amides is 1. The first-order valence-electron chi connectivity index (χ1n) is 5.48. The van der Waals surface area contributed by atoms with E-state index in [2.05, 4.69) is 11.9 Å². The second-order valence-electron chi connectivity index (χ2n) is 4.48. The minimum atomic E-state index is -0.717. The maximum Gasteiger partial charge on any atom is 0.236 e. The van der Waals surface area contributed by atoms with Crippen molar-refractivity contribution in [3.8, 4) is 0 Å². The summed E-state index contributed by atoms with van der Waals surface area (Å²) in [6.45, 7) is 4.75. The highest BCUT2D eigenvalue weighted by Gasteiger charge is 2.29. The number of halogens is 1. The van der Waals surface area contributed by atoms with Gasteiger partial charge in [0.1, 0.15) is 6.17 Å². The molecule has 0 saturated carbocycles. The van der Waals surface area contributed by atoms with Crippen LogP contribution in [0.25, 0.3) is 0 Å². The Labute approximate surface area is 89.6 Å². The zero-order chi connectivity index (χ0) is 10.8. The molecule has 2 rings (SSSR count). The Bertz CT molecular complexity index is 235. The van der Waals surface area contributed by atoms with Gasteiger partial charge in [-0.15, -0.1) is 0 Å². The van der Waals surface area contributed by atoms with Crippen molar-refractivity contribution < 1.29 is 9.18 Å². The van der Waals surface area contributed by atoms with Crippen molar-refractivity contribution in [2.75, 3.05) is 52.9 Å². The molecule has 0 bridgehead atoms. The summed E-state index contributed by atoms with van der Waals surface area (Å²) in [4.78, 5) is 17.7. The van der Waals surface area contributed by atoms with Crippen LogP contribution in [0.4, 0.5) is 4.39 Å². The van der Waals surface area contributed by atoms with Gasteiger partial charge >= 0.3 is 0 Å². The fourth-order valence-electron chi connectivity index (χ4n) is 1.98. The van der Waals surface area contributed by atoms with Crippen molar-refractivity contribution in [3.05, 3.63) is 0 Å². The van der Waals surface area contributed by atoms with E-state index in [0.717, 1.165) is 26.2 Å². The van der Waals surface area contributed by atoms with Crippen LogP contribution in [-0.4, -0.2) is 79.6 Å². The van der Waals surface area contributed by atoms with E-state index in [4.69, 9.17) is 0 Å². The summed E-state index contributed by atoms with van der Waals surface area (Å²) in [7, 11) is 2.06. The molecule has 0 aliphatic carbocycles. The summed E-state index contributed by atoms with van der Waals surface area (Å²) < 4.78 is 12.5. The molecule has 0 N–H and O–H groups in total. The summed E-state index contributed by atoms with van der Waals surface area (Å²) in [6.07, 6.45) is -0.717. The predicted octanol–water partition coefficient (Wildman–Crippen LogP) is -0.586. The summed E-state index contributed by atoms with van der Waals surface area (Å²) in [5, 5.41) is 0. The number of carbonyl (C=O) groups is 1. The molecule has 4 nitrogen and oxygen atoms in total. The van der Waals surface area contributed by atoms with E-state index in [1.165, 1.54) is 0 Å². The highest BCUT2D eigenvalue weighted by molar-refractivity contribution is 5.78. The molecule has 2 aliphatic rings. The molecule has 0 spiro atoms. The number of hydrogen-bond donors (Lipinski definition) is 0. The molecule has 15 heavy (non-hydrogen) atoms. The van der Waals surface area contributed by atoms with Crippen molar-refractivity contribution >= 4 is 5.91 Å². The van der Waals surface area contributed by atoms with Crippen molar-refractivity contribution in [1.29, 1.82) is 0 Å². The third kappa shape index (κ3) is 2.66. The summed E-state index contributed by atoms with van der Waals surface area (Å²) in [5.74, 6) is 0.148. The average Bonchev–Trinajstić information content (AvgIpc) is 2.16. The maximum absolute atomic E-state index is 12.5. The molecule has 0 unspecified atom stereocenters. The maximum atomic E-state index is 12.5. The fourth-order valence-corrected chi connectivity index (χ4v) is 1.98. The van der Waals surface area contributed by atoms with Crippen LogP contribution in [0, 0.1) is 0 Å². The van der Waals surface area contributed by atoms with Crippen LogP contribution in [0.2, 0.25) is 0 Å². The van der Waals surface area contributed by atoms with Crippen LogP contribution in [0.1, 0.15) is 0 Å². The minimum absolute atomic E-state index is 0.148. The second-order valence-corrected chi connectivity index (χ2v) is 4.48. The van der Waals surface area contributed by atoms with Gasteiger partial charge in [-0.3, -0.25) is 9.69 Å². The number of rotatable bonds is 2. The largest absolute Gasteiger partial charge is 0.339 e. The SMILES string of the molecule is CN1CCN(C(=O)CN2CC(F)C2)CC1. The van der Waals surface area contributed by atoms with E-state index in [0.29, 0.717) is 19.6 Å². The lowest BCUT2D eigenvalue weighted by Crippen LogP contribution is -2.55. The Balaban J connectivity index is 1.71. The molecule has 0 radical (unpaired) electrons. The number of carbonyl (C=O) groups excluding carboxylic acids is 1. The Morgan fingerprint density at radius 1 is 1.27 bits per heavy atom. The first kappa shape index (κ1) is 10.8. The van der Waals surface area contributed by atoms with E-state index in [-0.39, 0.29) is 5.91 Å². The molecule has 0 aromatic rings. The van der Waals surface area contributed by atoms with Crippen LogP contribution in [-0.2, 0) is 4.79 Å². The number of nitrogens with zero attached hydrogens (tertiary/aromatic N) is 3. The number of piperazine rings is 1. The number of likely N-dealkylation sites (tertiary alicyclic amines) is 1. The molecular weight excluding hydrogens is 197 g/mol. The predicted molar refractivity (Wildman–Crippen MR) is 55.4 cm³/mol. The van der Waals surface area contributed by atoms with E-state index in [9.17, 15) is 9.18 Å². The Hall–Kier alpha value is -0.680. The molecule has 2 aliphatic heterocycles. The summed E-state index contributed by atoms with van der Waals surface area (Å²) in [5.41, 5.74) is 0. The van der Waals surface area contributed by atoms with Crippen LogP contribution in [0.5, 0.6) is 0 Å². The molecule has 2 fully saturated rings. The standard InChI is InChI=1S/C10H18FN3O/c1-12-2-4-14(5-3-12)10(15)8-13-6-9(11)7-13/h9H,2-8H2,1H3. The number of hydrogen-bond acceptors (Lipinski definition) is 3. The molecular formula is C10H18FN3O. The van der Waals surface area contributed by atoms with Gasteiger partial charge in [-0.1, -0.05) is 0 Å². The van der Waals surface area contributed by atoms with Gasteiger partial charge in [0.15, 0.2) is 0 Å². The molecule has 0 atom stereocenters. The fraction of sp³-hybridized carbons (Fsp3) is 0.900. The lowest BCUT2D eigenvalue weighted by molar-refractivity contribution is -0.135. The number of alkyl halides is 1. The third-order valence-electron chi connectivity index (χ3n) is 3.13. The van der Waals surface area contributed by atoms with Gasteiger partial charge in [0.05, 0.1) is 6.54 Å². The Morgan fingerprint density at radius 3 is 2.40 bits per heavy atom. The monoisotopic (exact) mass is 215 g/mol. The summed E-state index contributed by atoms with van der Waals surface area (Å²) in [6, 6.07) is 0. The molecule has 86 valence electrons. The van der Waals surface area contributed by atoms with Gasteiger partial charge < -0.3 is 9.80 Å². The third-order valence-corrected chi connectivity index (χ3v) is 3.13. The second kappa shape index (κ2) is 4.45. The Morgan fingerprint density at radius 2 is 1.87 bits per heavy atom. The molecule has 2 saturated heterocycles. The lowest BCUT2D eigenvalue weighted by atomic mass is 10.2. The van der Waals surface area contributed by atoms with E-state index in [1.807, 2.05) is 9.80 Å². The van der Waals surface area contributed by atoms with Crippen molar-refractivity contribution in [2.24, 2.45) is 0 Å². The van der Waals surface area contributed by atoms with E-state index < -0.39 is 6.17 Å².